The van der Waals surface area contributed by atoms with Crippen LogP contribution in [0.25, 0.3) is 0 Å². The SMILES string of the molecule is c1ccc2c(c1)CC2NC1CCC1. The first-order valence-corrected chi connectivity index (χ1v) is 5.27. The molecule has 3 rings (SSSR count). The Balaban J connectivity index is 1.70. The highest BCUT2D eigenvalue weighted by atomic mass is 15.0. The van der Waals surface area contributed by atoms with Gasteiger partial charge >= 0.3 is 0 Å². The zero-order chi connectivity index (χ0) is 8.67. The molecule has 1 atom stereocenters. The van der Waals surface area contributed by atoms with E-state index in [4.69, 9.17) is 0 Å². The van der Waals surface area contributed by atoms with Crippen LogP contribution in [0.3, 0.4) is 0 Å². The molecule has 0 amide bonds. The largest absolute Gasteiger partial charge is 0.307 e. The van der Waals surface area contributed by atoms with E-state index >= 15 is 0 Å². The first-order chi connectivity index (χ1) is 6.43. The molecule has 1 unspecified atom stereocenters. The molecule has 0 spiro atoms. The van der Waals surface area contributed by atoms with Crippen molar-refractivity contribution in [1.29, 1.82) is 0 Å². The van der Waals surface area contributed by atoms with E-state index in [0.29, 0.717) is 6.04 Å². The lowest BCUT2D eigenvalue weighted by Crippen LogP contribution is -2.42. The highest BCUT2D eigenvalue weighted by Gasteiger charge is 2.29. The third kappa shape index (κ3) is 1.19. The van der Waals surface area contributed by atoms with Crippen LogP contribution in [0.15, 0.2) is 24.3 Å². The second kappa shape index (κ2) is 2.85. The molecule has 0 radical (unpaired) electrons. The van der Waals surface area contributed by atoms with Crippen LogP contribution in [0.1, 0.15) is 36.4 Å². The van der Waals surface area contributed by atoms with Gasteiger partial charge in [0.05, 0.1) is 0 Å². The predicted molar refractivity (Wildman–Crippen MR) is 53.7 cm³/mol. The molecule has 1 nitrogen and oxygen atoms in total. The molecular weight excluding hydrogens is 158 g/mol. The van der Waals surface area contributed by atoms with Gasteiger partial charge in [0.25, 0.3) is 0 Å². The number of fused-ring (bicyclic) bond motifs is 1. The maximum absolute atomic E-state index is 3.71. The van der Waals surface area contributed by atoms with Crippen molar-refractivity contribution in [2.45, 2.75) is 37.8 Å². The summed E-state index contributed by atoms with van der Waals surface area (Å²) in [6, 6.07) is 10.3. The van der Waals surface area contributed by atoms with Crippen molar-refractivity contribution < 1.29 is 0 Å². The maximum atomic E-state index is 3.71. The van der Waals surface area contributed by atoms with E-state index in [1.54, 1.807) is 5.56 Å². The molecule has 2 aliphatic carbocycles. The summed E-state index contributed by atoms with van der Waals surface area (Å²) in [6.45, 7) is 0. The molecule has 13 heavy (non-hydrogen) atoms. The predicted octanol–water partition coefficient (Wildman–Crippen LogP) is 2.43. The topological polar surface area (TPSA) is 12.0 Å². The van der Waals surface area contributed by atoms with E-state index in [2.05, 4.69) is 29.6 Å². The number of benzene rings is 1. The van der Waals surface area contributed by atoms with Crippen molar-refractivity contribution >= 4 is 0 Å². The molecule has 1 aromatic carbocycles. The molecule has 0 aromatic heterocycles. The van der Waals surface area contributed by atoms with Gasteiger partial charge in [-0.2, -0.15) is 0 Å². The summed E-state index contributed by atoms with van der Waals surface area (Å²) in [6.07, 6.45) is 5.44. The van der Waals surface area contributed by atoms with Crippen molar-refractivity contribution in [3.8, 4) is 0 Å². The Hall–Kier alpha value is -0.820. The summed E-state index contributed by atoms with van der Waals surface area (Å²) in [4.78, 5) is 0. The van der Waals surface area contributed by atoms with Crippen molar-refractivity contribution in [3.63, 3.8) is 0 Å². The Labute approximate surface area is 79.2 Å². The van der Waals surface area contributed by atoms with Gasteiger partial charge in [-0.3, -0.25) is 0 Å². The highest BCUT2D eigenvalue weighted by molar-refractivity contribution is 5.39. The number of hydrogen-bond acceptors (Lipinski definition) is 1. The van der Waals surface area contributed by atoms with Gasteiger partial charge in [0, 0.05) is 12.1 Å². The minimum atomic E-state index is 0.668. The van der Waals surface area contributed by atoms with Crippen LogP contribution in [0, 0.1) is 0 Å². The van der Waals surface area contributed by atoms with E-state index < -0.39 is 0 Å². The molecular formula is C12H15N. The second-order valence-corrected chi connectivity index (χ2v) is 4.25. The van der Waals surface area contributed by atoms with Gasteiger partial charge in [0.1, 0.15) is 0 Å². The summed E-state index contributed by atoms with van der Waals surface area (Å²) in [7, 11) is 0. The molecule has 0 saturated heterocycles. The normalized spacial score (nSPS) is 26.0. The summed E-state index contributed by atoms with van der Waals surface area (Å²) in [5.74, 6) is 0. The Kier molecular flexibility index (Phi) is 1.66. The maximum Gasteiger partial charge on any atom is 0.0366 e. The molecule has 0 bridgehead atoms. The lowest BCUT2D eigenvalue weighted by Gasteiger charge is -2.37. The van der Waals surface area contributed by atoms with Gasteiger partial charge in [-0.15, -0.1) is 0 Å². The van der Waals surface area contributed by atoms with Crippen LogP contribution < -0.4 is 5.32 Å². The van der Waals surface area contributed by atoms with E-state index in [-0.39, 0.29) is 0 Å². The average Bonchev–Trinajstić information content (AvgIpc) is 2.03. The van der Waals surface area contributed by atoms with E-state index in [9.17, 15) is 0 Å². The van der Waals surface area contributed by atoms with Gasteiger partial charge in [0.15, 0.2) is 0 Å². The van der Waals surface area contributed by atoms with Gasteiger partial charge in [-0.1, -0.05) is 30.7 Å². The number of rotatable bonds is 2. The van der Waals surface area contributed by atoms with Crippen LogP contribution in [0.4, 0.5) is 0 Å². The first-order valence-electron chi connectivity index (χ1n) is 5.27. The smallest absolute Gasteiger partial charge is 0.0366 e. The third-order valence-electron chi connectivity index (χ3n) is 3.40. The van der Waals surface area contributed by atoms with Crippen molar-refractivity contribution in [2.75, 3.05) is 0 Å². The molecule has 0 aliphatic heterocycles. The molecule has 68 valence electrons. The molecule has 1 heteroatoms. The Bertz CT molecular complexity index is 315. The second-order valence-electron chi connectivity index (χ2n) is 4.25. The minimum Gasteiger partial charge on any atom is -0.307 e. The van der Waals surface area contributed by atoms with E-state index in [0.717, 1.165) is 6.04 Å². The van der Waals surface area contributed by atoms with Crippen LogP contribution in [-0.2, 0) is 6.42 Å². The molecule has 1 saturated carbocycles. The Morgan fingerprint density at radius 1 is 1.15 bits per heavy atom. The van der Waals surface area contributed by atoms with Gasteiger partial charge in [-0.25, -0.2) is 0 Å². The summed E-state index contributed by atoms with van der Waals surface area (Å²) in [5.41, 5.74) is 3.08. The summed E-state index contributed by atoms with van der Waals surface area (Å²) < 4.78 is 0. The fourth-order valence-corrected chi connectivity index (χ4v) is 2.27. The van der Waals surface area contributed by atoms with Gasteiger partial charge in [0.2, 0.25) is 0 Å². The highest BCUT2D eigenvalue weighted by Crippen LogP contribution is 2.34. The number of hydrogen-bond donors (Lipinski definition) is 1. The number of nitrogens with one attached hydrogen (secondary N) is 1. The fraction of sp³-hybridized carbons (Fsp3) is 0.500. The Morgan fingerprint density at radius 2 is 2.00 bits per heavy atom. The lowest BCUT2D eigenvalue weighted by atomic mass is 9.81. The first kappa shape index (κ1) is 7.57. The van der Waals surface area contributed by atoms with Crippen molar-refractivity contribution in [1.82, 2.24) is 5.32 Å². The average molecular weight is 173 g/mol. The fourth-order valence-electron chi connectivity index (χ4n) is 2.27. The van der Waals surface area contributed by atoms with Crippen LogP contribution >= 0.6 is 0 Å². The van der Waals surface area contributed by atoms with Crippen LogP contribution in [-0.4, -0.2) is 6.04 Å². The van der Waals surface area contributed by atoms with Crippen LogP contribution in [0.2, 0.25) is 0 Å². The molecule has 1 N–H and O–H groups in total. The minimum absolute atomic E-state index is 0.668. The van der Waals surface area contributed by atoms with Gasteiger partial charge < -0.3 is 5.32 Å². The molecule has 1 fully saturated rings. The molecule has 0 heterocycles. The quantitative estimate of drug-likeness (QED) is 0.724. The third-order valence-corrected chi connectivity index (χ3v) is 3.40. The summed E-state index contributed by atoms with van der Waals surface area (Å²) >= 11 is 0. The molecule has 1 aromatic rings. The Morgan fingerprint density at radius 3 is 2.69 bits per heavy atom. The van der Waals surface area contributed by atoms with Crippen LogP contribution in [0.5, 0.6) is 0 Å². The lowest BCUT2D eigenvalue weighted by molar-refractivity contribution is 0.291. The van der Waals surface area contributed by atoms with Crippen molar-refractivity contribution in [3.05, 3.63) is 35.4 Å². The zero-order valence-electron chi connectivity index (χ0n) is 7.79. The summed E-state index contributed by atoms with van der Waals surface area (Å²) in [5, 5.41) is 3.71. The molecule has 2 aliphatic rings. The van der Waals surface area contributed by atoms with E-state index in [1.165, 1.54) is 31.2 Å². The van der Waals surface area contributed by atoms with Crippen molar-refractivity contribution in [2.24, 2.45) is 0 Å². The van der Waals surface area contributed by atoms with Gasteiger partial charge in [-0.05, 0) is 30.4 Å². The monoisotopic (exact) mass is 173 g/mol. The van der Waals surface area contributed by atoms with E-state index in [1.807, 2.05) is 0 Å². The zero-order valence-corrected chi connectivity index (χ0v) is 7.79. The standard InChI is InChI=1S/C12H15N/c1-2-7-11-9(4-1)8-12(11)13-10-5-3-6-10/h1-2,4,7,10,12-13H,3,5-6,8H2.